The normalized spacial score (nSPS) is 22.1. The number of hydrogen-bond donors (Lipinski definition) is 0. The summed E-state index contributed by atoms with van der Waals surface area (Å²) >= 11 is 3.50. The Kier molecular flexibility index (Phi) is 2.29. The van der Waals surface area contributed by atoms with Crippen molar-refractivity contribution in [1.29, 1.82) is 0 Å². The molecular weight excluding hydrogens is 267 g/mol. The van der Waals surface area contributed by atoms with Gasteiger partial charge in [0, 0.05) is 24.0 Å². The van der Waals surface area contributed by atoms with E-state index in [0.717, 1.165) is 0 Å². The van der Waals surface area contributed by atoms with Crippen molar-refractivity contribution < 1.29 is 19.5 Å². The molecule has 0 aliphatic heterocycles. The van der Waals surface area contributed by atoms with Gasteiger partial charge in [-0.2, -0.15) is 0 Å². The first-order valence-electron chi connectivity index (χ1n) is 2.93. The zero-order chi connectivity index (χ0) is 5.56. The van der Waals surface area contributed by atoms with Crippen LogP contribution < -0.4 is 0 Å². The van der Waals surface area contributed by atoms with Crippen LogP contribution in [0.2, 0.25) is 0 Å². The summed E-state index contributed by atoms with van der Waals surface area (Å²) in [6.45, 7) is 0. The third-order valence-corrected chi connectivity index (χ3v) is 2.65. The molecule has 2 heteroatoms. The minimum Gasteiger partial charge on any atom is -0.0647 e. The molecule has 1 radical (unpaired) electrons. The fourth-order valence-electron chi connectivity index (χ4n) is 1.37. The minimum absolute atomic E-state index is 0. The maximum atomic E-state index is 3.50. The van der Waals surface area contributed by atoms with E-state index in [9.17, 15) is 0 Å². The second kappa shape index (κ2) is 2.68. The van der Waals surface area contributed by atoms with Gasteiger partial charge in [-0.3, -0.25) is 0 Å². The molecule has 0 aromatic rings. The summed E-state index contributed by atoms with van der Waals surface area (Å²) in [5.41, 5.74) is 3.23. The van der Waals surface area contributed by atoms with Gasteiger partial charge in [0.15, 0.2) is 0 Å². The molecule has 0 aromatic heterocycles. The summed E-state index contributed by atoms with van der Waals surface area (Å²) in [5.74, 6) is 0. The van der Waals surface area contributed by atoms with Crippen LogP contribution in [0, 0.1) is 0 Å². The Morgan fingerprint density at radius 2 is 2.11 bits per heavy atom. The Labute approximate surface area is 76.3 Å². The summed E-state index contributed by atoms with van der Waals surface area (Å²) in [5, 5.41) is 0. The average molecular weight is 274 g/mol. The Morgan fingerprint density at radius 3 is 2.33 bits per heavy atom. The number of halogens is 1. The van der Waals surface area contributed by atoms with Crippen LogP contribution in [0.5, 0.6) is 0 Å². The molecule has 0 nitrogen and oxygen atoms in total. The molecule has 0 unspecified atom stereocenters. The average Bonchev–Trinajstić information content (AvgIpc) is 2.23. The van der Waals surface area contributed by atoms with Crippen molar-refractivity contribution in [2.45, 2.75) is 19.3 Å². The first kappa shape index (κ1) is 7.69. The Bertz CT molecular complexity index is 191. The topological polar surface area (TPSA) is 0 Å². The number of allylic oxidation sites excluding steroid dienone is 4. The van der Waals surface area contributed by atoms with Crippen molar-refractivity contribution in [2.24, 2.45) is 0 Å². The molecule has 1 saturated carbocycles. The maximum Gasteiger partial charge on any atom is 0.0170 e. The molecule has 1 fully saturated rings. The van der Waals surface area contributed by atoms with Crippen molar-refractivity contribution in [1.82, 2.24) is 0 Å². The van der Waals surface area contributed by atoms with E-state index in [1.165, 1.54) is 23.7 Å². The molecule has 2 bridgehead atoms. The SMILES string of the molecule is BrC1=C2CCC(=C1)C2.[Rh]. The largest absolute Gasteiger partial charge is 0.0647 e. The van der Waals surface area contributed by atoms with E-state index in [1.807, 2.05) is 0 Å². The first-order valence-corrected chi connectivity index (χ1v) is 3.72. The predicted octanol–water partition coefficient (Wildman–Crippen LogP) is 2.76. The molecule has 9 heavy (non-hydrogen) atoms. The van der Waals surface area contributed by atoms with Gasteiger partial charge >= 0.3 is 0 Å². The molecular formula is C7H7BrRh. The van der Waals surface area contributed by atoms with Crippen LogP contribution in [-0.2, 0) is 19.5 Å². The molecule has 2 aliphatic rings. The van der Waals surface area contributed by atoms with Crippen LogP contribution in [0.25, 0.3) is 0 Å². The fourth-order valence-corrected chi connectivity index (χ4v) is 2.03. The van der Waals surface area contributed by atoms with Crippen molar-refractivity contribution in [3.63, 3.8) is 0 Å². The predicted molar refractivity (Wildman–Crippen MR) is 37.9 cm³/mol. The van der Waals surface area contributed by atoms with Crippen LogP contribution in [0.4, 0.5) is 0 Å². The van der Waals surface area contributed by atoms with Gasteiger partial charge in [-0.25, -0.2) is 0 Å². The molecule has 2 aliphatic carbocycles. The second-order valence-electron chi connectivity index (χ2n) is 2.43. The molecule has 0 heterocycles. The van der Waals surface area contributed by atoms with Gasteiger partial charge in [0.05, 0.1) is 0 Å². The van der Waals surface area contributed by atoms with E-state index in [1.54, 1.807) is 11.1 Å². The van der Waals surface area contributed by atoms with Crippen LogP contribution in [-0.4, -0.2) is 0 Å². The summed E-state index contributed by atoms with van der Waals surface area (Å²) in [7, 11) is 0. The van der Waals surface area contributed by atoms with Crippen LogP contribution in [0.3, 0.4) is 0 Å². The number of hydrogen-bond acceptors (Lipinski definition) is 0. The van der Waals surface area contributed by atoms with Gasteiger partial charge in [0.25, 0.3) is 0 Å². The number of rotatable bonds is 0. The molecule has 0 atom stereocenters. The van der Waals surface area contributed by atoms with Crippen molar-refractivity contribution in [3.05, 3.63) is 21.7 Å². The molecule has 0 spiro atoms. The quantitative estimate of drug-likeness (QED) is 0.596. The monoisotopic (exact) mass is 273 g/mol. The Morgan fingerprint density at radius 1 is 1.33 bits per heavy atom. The van der Waals surface area contributed by atoms with Gasteiger partial charge in [-0.05, 0) is 25.3 Å². The molecule has 0 saturated heterocycles. The first-order chi connectivity index (χ1) is 3.86. The summed E-state index contributed by atoms with van der Waals surface area (Å²) in [6, 6.07) is 0. The maximum absolute atomic E-state index is 3.50. The smallest absolute Gasteiger partial charge is 0.0170 e. The molecule has 51 valence electrons. The Hall–Kier alpha value is 0.583. The van der Waals surface area contributed by atoms with E-state index >= 15 is 0 Å². The third kappa shape index (κ3) is 1.20. The van der Waals surface area contributed by atoms with Gasteiger partial charge in [-0.15, -0.1) is 0 Å². The van der Waals surface area contributed by atoms with Crippen molar-refractivity contribution >= 4 is 15.9 Å². The van der Waals surface area contributed by atoms with Gasteiger partial charge in [0.1, 0.15) is 0 Å². The standard InChI is InChI=1S/C7H7Br.Rh/c8-7-4-5-1-2-6(7)3-5;/h4H,1-3H2;. The van der Waals surface area contributed by atoms with Crippen molar-refractivity contribution in [3.8, 4) is 0 Å². The molecule has 0 aromatic carbocycles. The minimum atomic E-state index is 0. The van der Waals surface area contributed by atoms with Crippen LogP contribution >= 0.6 is 15.9 Å². The van der Waals surface area contributed by atoms with E-state index < -0.39 is 0 Å². The molecule has 0 amide bonds. The van der Waals surface area contributed by atoms with Crippen LogP contribution in [0.15, 0.2) is 21.7 Å². The van der Waals surface area contributed by atoms with Gasteiger partial charge in [0.2, 0.25) is 0 Å². The summed E-state index contributed by atoms with van der Waals surface area (Å²) in [4.78, 5) is 0. The summed E-state index contributed by atoms with van der Waals surface area (Å²) in [6.07, 6.45) is 6.16. The zero-order valence-corrected chi connectivity index (χ0v) is 8.13. The van der Waals surface area contributed by atoms with E-state index in [0.29, 0.717) is 0 Å². The van der Waals surface area contributed by atoms with Gasteiger partial charge in [-0.1, -0.05) is 27.1 Å². The summed E-state index contributed by atoms with van der Waals surface area (Å²) < 4.78 is 1.36. The second-order valence-corrected chi connectivity index (χ2v) is 3.29. The molecule has 2 rings (SSSR count). The fraction of sp³-hybridized carbons (Fsp3) is 0.429. The Balaban J connectivity index is 0.000000405. The van der Waals surface area contributed by atoms with Gasteiger partial charge < -0.3 is 0 Å². The zero-order valence-electron chi connectivity index (χ0n) is 4.91. The van der Waals surface area contributed by atoms with E-state index in [2.05, 4.69) is 22.0 Å². The third-order valence-electron chi connectivity index (χ3n) is 1.86. The van der Waals surface area contributed by atoms with Crippen LogP contribution in [0.1, 0.15) is 19.3 Å². The van der Waals surface area contributed by atoms with E-state index in [-0.39, 0.29) is 19.5 Å². The van der Waals surface area contributed by atoms with E-state index in [4.69, 9.17) is 0 Å². The van der Waals surface area contributed by atoms with Crippen molar-refractivity contribution in [2.75, 3.05) is 0 Å². The molecule has 0 N–H and O–H groups in total. The number of fused-ring (bicyclic) bond motifs is 2.